The van der Waals surface area contributed by atoms with Crippen molar-refractivity contribution in [3.05, 3.63) is 66.5 Å². The summed E-state index contributed by atoms with van der Waals surface area (Å²) < 4.78 is 14.2. The van der Waals surface area contributed by atoms with Crippen LogP contribution in [0.25, 0.3) is 16.9 Å². The van der Waals surface area contributed by atoms with Gasteiger partial charge in [-0.1, -0.05) is 24.3 Å². The molecule has 6 heterocycles. The zero-order valence-electron chi connectivity index (χ0n) is 28.9. The smallest absolute Gasteiger partial charge is 0.249 e. The second-order valence-corrected chi connectivity index (χ2v) is 14.6. The fourth-order valence-corrected chi connectivity index (χ4v) is 9.10. The Morgan fingerprint density at radius 3 is 2.50 bits per heavy atom. The van der Waals surface area contributed by atoms with E-state index in [0.717, 1.165) is 55.9 Å². The molecule has 4 aromatic rings. The number of phenols is 1. The molecule has 0 radical (unpaired) electrons. The molecule has 14 heteroatoms. The molecular weight excluding hydrogens is 662 g/mol. The molecule has 14 nitrogen and oxygen atoms in total. The maximum atomic E-state index is 12.8. The third-order valence-electron chi connectivity index (χ3n) is 11.5. The van der Waals surface area contributed by atoms with E-state index in [1.54, 1.807) is 28.9 Å². The number of morpholine rings is 1. The number of nitrogens with two attached hydrogens (primary N) is 1. The van der Waals surface area contributed by atoms with Crippen LogP contribution in [0.5, 0.6) is 11.5 Å². The molecule has 1 aliphatic carbocycles. The van der Waals surface area contributed by atoms with Gasteiger partial charge in [-0.15, -0.1) is 10.2 Å². The Morgan fingerprint density at radius 2 is 1.71 bits per heavy atom. The number of benzene rings is 2. The predicted molar refractivity (Wildman–Crippen MR) is 194 cm³/mol. The molecule has 0 unspecified atom stereocenters. The second-order valence-electron chi connectivity index (χ2n) is 14.6. The van der Waals surface area contributed by atoms with Gasteiger partial charge in [-0.3, -0.25) is 19.8 Å². The van der Waals surface area contributed by atoms with Gasteiger partial charge in [-0.2, -0.15) is 5.10 Å². The number of amides is 2. The van der Waals surface area contributed by atoms with Gasteiger partial charge in [-0.25, -0.2) is 4.68 Å². The highest BCUT2D eigenvalue weighted by Gasteiger charge is 2.44. The summed E-state index contributed by atoms with van der Waals surface area (Å²) in [6.45, 7) is 4.22. The van der Waals surface area contributed by atoms with E-state index < -0.39 is 0 Å². The van der Waals surface area contributed by atoms with Crippen molar-refractivity contribution in [1.29, 1.82) is 0 Å². The first-order valence-electron chi connectivity index (χ1n) is 18.3. The van der Waals surface area contributed by atoms with Crippen LogP contribution in [-0.2, 0) is 14.3 Å². The van der Waals surface area contributed by atoms with E-state index in [2.05, 4.69) is 47.4 Å². The number of para-hydroxylation sites is 2. The third-order valence-corrected chi connectivity index (χ3v) is 11.5. The van der Waals surface area contributed by atoms with Gasteiger partial charge in [0.15, 0.2) is 5.82 Å². The first-order chi connectivity index (χ1) is 25.4. The molecule has 2 aromatic carbocycles. The van der Waals surface area contributed by atoms with Gasteiger partial charge in [0.05, 0.1) is 61.3 Å². The summed E-state index contributed by atoms with van der Waals surface area (Å²) in [7, 11) is 0. The molecule has 5 aliphatic rings. The summed E-state index contributed by atoms with van der Waals surface area (Å²) >= 11 is 0. The Kier molecular flexibility index (Phi) is 8.42. The van der Waals surface area contributed by atoms with Gasteiger partial charge >= 0.3 is 0 Å². The van der Waals surface area contributed by atoms with Crippen LogP contribution < -0.4 is 25.6 Å². The lowest BCUT2D eigenvalue weighted by Gasteiger charge is -2.54. The summed E-state index contributed by atoms with van der Waals surface area (Å²) in [5.74, 6) is 1.26. The number of aromatic hydroxyl groups is 1. The highest BCUT2D eigenvalue weighted by Crippen LogP contribution is 2.46. The lowest BCUT2D eigenvalue weighted by Crippen LogP contribution is -2.67. The van der Waals surface area contributed by atoms with E-state index in [9.17, 15) is 14.7 Å². The number of nitrogen functional groups attached to an aromatic ring is 1. The molecule has 4 N–H and O–H groups in total. The quantitative estimate of drug-likeness (QED) is 0.252. The normalized spacial score (nSPS) is 26.4. The molecule has 0 spiro atoms. The second kappa shape index (κ2) is 13.4. The van der Waals surface area contributed by atoms with E-state index in [1.807, 2.05) is 24.5 Å². The number of phenolic OH excluding ortho intramolecular Hbond substituents is 1. The number of imide groups is 1. The van der Waals surface area contributed by atoms with E-state index >= 15 is 0 Å². The molecule has 3 atom stereocenters. The van der Waals surface area contributed by atoms with E-state index in [1.165, 1.54) is 5.56 Å². The number of nitrogens with one attached hydrogen (secondary N) is 1. The maximum Gasteiger partial charge on any atom is 0.249 e. The van der Waals surface area contributed by atoms with E-state index in [4.69, 9.17) is 15.2 Å². The van der Waals surface area contributed by atoms with Crippen LogP contribution in [-0.4, -0.2) is 105 Å². The van der Waals surface area contributed by atoms with Gasteiger partial charge in [0.2, 0.25) is 11.8 Å². The molecule has 2 bridgehead atoms. The molecule has 9 rings (SSSR count). The Balaban J connectivity index is 0.875. The average molecular weight is 706 g/mol. The fourth-order valence-electron chi connectivity index (χ4n) is 9.10. The Bertz CT molecular complexity index is 1980. The molecule has 4 fully saturated rings. The summed E-state index contributed by atoms with van der Waals surface area (Å²) in [5, 5.41) is 25.9. The van der Waals surface area contributed by atoms with Gasteiger partial charge in [0, 0.05) is 31.1 Å². The SMILES string of the molecule is Nc1nnc(-c2ccccc2O)cc1-n1cc(N2C[C@@H]3COC[C@@H](C2)N3C2CCC(c3cccc4c3OCCN4[C@@H]3CCC(=O)NC3=O)CC2)cn1. The Labute approximate surface area is 301 Å². The average Bonchev–Trinajstić information content (AvgIpc) is 3.65. The van der Waals surface area contributed by atoms with Crippen LogP contribution in [0.4, 0.5) is 17.2 Å². The summed E-state index contributed by atoms with van der Waals surface area (Å²) in [6, 6.07) is 15.8. The summed E-state index contributed by atoms with van der Waals surface area (Å²) in [5.41, 5.74) is 11.2. The largest absolute Gasteiger partial charge is 0.507 e. The molecule has 4 aliphatic heterocycles. The number of fused-ring (bicyclic) bond motifs is 3. The number of carbonyl (C=O) groups is 2. The number of hydrogen-bond donors (Lipinski definition) is 3. The molecule has 2 amide bonds. The van der Waals surface area contributed by atoms with Crippen LogP contribution in [0.1, 0.15) is 50.0 Å². The van der Waals surface area contributed by atoms with Crippen molar-refractivity contribution >= 4 is 29.0 Å². The number of carbonyl (C=O) groups excluding carboxylic acids is 2. The van der Waals surface area contributed by atoms with E-state index in [-0.39, 0.29) is 41.5 Å². The minimum Gasteiger partial charge on any atom is -0.507 e. The zero-order valence-corrected chi connectivity index (χ0v) is 28.9. The number of ether oxygens (including phenoxy) is 2. The highest BCUT2D eigenvalue weighted by atomic mass is 16.5. The first-order valence-corrected chi connectivity index (χ1v) is 18.3. The number of rotatable bonds is 6. The fraction of sp³-hybridized carbons (Fsp3) is 0.447. The van der Waals surface area contributed by atoms with Crippen molar-refractivity contribution in [2.75, 3.05) is 55.0 Å². The van der Waals surface area contributed by atoms with Crippen LogP contribution >= 0.6 is 0 Å². The minimum atomic E-state index is -0.352. The molecular formula is C38H43N9O5. The van der Waals surface area contributed by atoms with Crippen molar-refractivity contribution in [2.45, 2.75) is 68.6 Å². The van der Waals surface area contributed by atoms with Crippen molar-refractivity contribution < 1.29 is 24.2 Å². The Hall–Kier alpha value is -5.21. The zero-order chi connectivity index (χ0) is 35.3. The Morgan fingerprint density at radius 1 is 0.904 bits per heavy atom. The van der Waals surface area contributed by atoms with E-state index in [0.29, 0.717) is 68.1 Å². The van der Waals surface area contributed by atoms with Gasteiger partial charge in [-0.05, 0) is 67.9 Å². The van der Waals surface area contributed by atoms with Crippen LogP contribution in [0.2, 0.25) is 0 Å². The van der Waals surface area contributed by atoms with Gasteiger partial charge in [0.25, 0.3) is 0 Å². The number of hydrogen-bond acceptors (Lipinski definition) is 12. The van der Waals surface area contributed by atoms with Crippen LogP contribution in [0.15, 0.2) is 60.9 Å². The number of nitrogens with zero attached hydrogens (tertiary/aromatic N) is 7. The molecule has 270 valence electrons. The monoisotopic (exact) mass is 705 g/mol. The molecule has 52 heavy (non-hydrogen) atoms. The van der Waals surface area contributed by atoms with Crippen LogP contribution in [0, 0.1) is 0 Å². The summed E-state index contributed by atoms with van der Waals surface area (Å²) in [4.78, 5) is 31.8. The first kappa shape index (κ1) is 32.7. The lowest BCUT2D eigenvalue weighted by atomic mass is 9.79. The van der Waals surface area contributed by atoms with Crippen LogP contribution in [0.3, 0.4) is 0 Å². The standard InChI is InChI=1S/C38H43N9O5/c39-37-33(16-30(42-43-37)29-4-1-2-7-34(29)48)46-20-25(17-40-46)44-18-26-21-51-22-27(19-44)47(26)24-10-8-23(9-11-24)28-5-3-6-31-36(28)52-15-14-45(31)32-12-13-35(49)41-38(32)50/h1-7,16-17,20,23-24,26-27,32,48H,8-15,18-19,21-22H2,(H2,39,43)(H,41,49,50)/t23?,24?,26-,27-,32-/m1/s1. The predicted octanol–water partition coefficient (Wildman–Crippen LogP) is 3.24. The lowest BCUT2D eigenvalue weighted by molar-refractivity contribution is -0.134. The maximum absolute atomic E-state index is 12.8. The van der Waals surface area contributed by atoms with Crippen molar-refractivity contribution in [3.8, 4) is 28.4 Å². The minimum absolute atomic E-state index is 0.125. The number of anilines is 3. The number of piperazine rings is 1. The topological polar surface area (TPSA) is 164 Å². The van der Waals surface area contributed by atoms with Gasteiger partial charge < -0.3 is 30.1 Å². The number of aromatic nitrogens is 4. The van der Waals surface area contributed by atoms with Crippen molar-refractivity contribution in [2.24, 2.45) is 0 Å². The molecule has 1 saturated carbocycles. The van der Waals surface area contributed by atoms with Crippen molar-refractivity contribution in [1.82, 2.24) is 30.2 Å². The highest BCUT2D eigenvalue weighted by molar-refractivity contribution is 6.02. The molecule has 2 aromatic heterocycles. The third kappa shape index (κ3) is 5.89. The van der Waals surface area contributed by atoms with Gasteiger partial charge in [0.1, 0.15) is 29.8 Å². The molecule has 3 saturated heterocycles. The summed E-state index contributed by atoms with van der Waals surface area (Å²) in [6.07, 6.45) is 9.09. The number of piperidine rings is 1. The van der Waals surface area contributed by atoms with Crippen molar-refractivity contribution in [3.63, 3.8) is 0 Å².